The summed E-state index contributed by atoms with van der Waals surface area (Å²) >= 11 is 1.43. The molecule has 4 rings (SSSR count). The minimum absolute atomic E-state index is 0.161. The predicted molar refractivity (Wildman–Crippen MR) is 120 cm³/mol. The monoisotopic (exact) mass is 438 g/mol. The van der Waals surface area contributed by atoms with Gasteiger partial charge in [0.1, 0.15) is 11.3 Å². The van der Waals surface area contributed by atoms with E-state index in [9.17, 15) is 4.79 Å². The predicted octanol–water partition coefficient (Wildman–Crippen LogP) is 5.07. The van der Waals surface area contributed by atoms with Crippen LogP contribution in [-0.2, 0) is 11.2 Å². The molecule has 8 heteroatoms. The van der Waals surface area contributed by atoms with E-state index in [-0.39, 0.29) is 12.3 Å². The average molecular weight is 439 g/mol. The third kappa shape index (κ3) is 4.20. The first-order valence-corrected chi connectivity index (χ1v) is 10.4. The molecule has 4 aromatic rings. The molecule has 0 aliphatic carbocycles. The highest BCUT2D eigenvalue weighted by Gasteiger charge is 2.16. The Kier molecular flexibility index (Phi) is 5.81. The fourth-order valence-electron chi connectivity index (χ4n) is 3.37. The molecule has 31 heavy (non-hydrogen) atoms. The fraction of sp³-hybridized carbons (Fsp3) is 0.217. The van der Waals surface area contributed by atoms with Crippen molar-refractivity contribution in [1.82, 2.24) is 4.98 Å². The largest absolute Gasteiger partial charge is 0.497 e. The van der Waals surface area contributed by atoms with Crippen molar-refractivity contribution in [3.05, 3.63) is 53.1 Å². The lowest BCUT2D eigenvalue weighted by molar-refractivity contribution is -0.115. The number of furan rings is 1. The van der Waals surface area contributed by atoms with E-state index in [4.69, 9.17) is 18.6 Å². The number of aryl methyl sites for hydroxylation is 1. The second-order valence-electron chi connectivity index (χ2n) is 6.84. The standard InChI is InChI=1S/C23H22N2O5S/c1-13-22(14-5-8-18(28-3)20(9-14)29-4)25-23(31-13)24-21(26)10-15-12-30-19-11-16(27-2)6-7-17(15)19/h5-9,11-12H,10H2,1-4H3,(H,24,25,26). The highest BCUT2D eigenvalue weighted by atomic mass is 32.1. The van der Waals surface area contributed by atoms with Crippen LogP contribution >= 0.6 is 11.3 Å². The summed E-state index contributed by atoms with van der Waals surface area (Å²) in [7, 11) is 4.79. The van der Waals surface area contributed by atoms with Crippen LogP contribution in [0.1, 0.15) is 10.4 Å². The van der Waals surface area contributed by atoms with Gasteiger partial charge in [0.25, 0.3) is 0 Å². The summed E-state index contributed by atoms with van der Waals surface area (Å²) in [4.78, 5) is 18.2. The van der Waals surface area contributed by atoms with Crippen LogP contribution < -0.4 is 19.5 Å². The zero-order chi connectivity index (χ0) is 22.0. The summed E-state index contributed by atoms with van der Waals surface area (Å²) in [6.07, 6.45) is 1.79. The Labute approximate surface area is 183 Å². The van der Waals surface area contributed by atoms with Gasteiger partial charge in [-0.25, -0.2) is 4.98 Å². The van der Waals surface area contributed by atoms with Crippen LogP contribution in [0.2, 0.25) is 0 Å². The molecule has 7 nitrogen and oxygen atoms in total. The van der Waals surface area contributed by atoms with Gasteiger partial charge in [-0.05, 0) is 37.3 Å². The van der Waals surface area contributed by atoms with E-state index in [2.05, 4.69) is 10.3 Å². The van der Waals surface area contributed by atoms with Crippen molar-refractivity contribution in [2.45, 2.75) is 13.3 Å². The van der Waals surface area contributed by atoms with E-state index in [0.717, 1.165) is 27.1 Å². The number of hydrogen-bond acceptors (Lipinski definition) is 7. The molecule has 0 saturated heterocycles. The molecule has 2 aromatic heterocycles. The smallest absolute Gasteiger partial charge is 0.230 e. The van der Waals surface area contributed by atoms with Gasteiger partial charge in [-0.3, -0.25) is 4.79 Å². The molecule has 0 spiro atoms. The molecular weight excluding hydrogens is 416 g/mol. The number of nitrogens with zero attached hydrogens (tertiary/aromatic N) is 1. The van der Waals surface area contributed by atoms with Crippen LogP contribution in [-0.4, -0.2) is 32.2 Å². The lowest BCUT2D eigenvalue weighted by atomic mass is 10.1. The molecule has 0 radical (unpaired) electrons. The van der Waals surface area contributed by atoms with E-state index in [1.807, 2.05) is 37.3 Å². The molecule has 0 unspecified atom stereocenters. The number of benzene rings is 2. The summed E-state index contributed by atoms with van der Waals surface area (Å²) in [6, 6.07) is 11.2. The van der Waals surface area contributed by atoms with Gasteiger partial charge in [0.15, 0.2) is 16.6 Å². The molecule has 0 atom stereocenters. The molecule has 1 amide bonds. The number of hydrogen-bond donors (Lipinski definition) is 1. The molecular formula is C23H22N2O5S. The Morgan fingerprint density at radius 3 is 2.61 bits per heavy atom. The molecule has 0 aliphatic rings. The van der Waals surface area contributed by atoms with Crippen LogP contribution in [0.4, 0.5) is 5.13 Å². The number of amides is 1. The van der Waals surface area contributed by atoms with Gasteiger partial charge in [-0.2, -0.15) is 0 Å². The summed E-state index contributed by atoms with van der Waals surface area (Å²) in [6.45, 7) is 1.97. The fourth-order valence-corrected chi connectivity index (χ4v) is 4.22. The van der Waals surface area contributed by atoms with Crippen molar-refractivity contribution in [3.8, 4) is 28.5 Å². The maximum Gasteiger partial charge on any atom is 0.230 e. The quantitative estimate of drug-likeness (QED) is 0.434. The number of nitrogens with one attached hydrogen (secondary N) is 1. The first-order chi connectivity index (χ1) is 15.0. The van der Waals surface area contributed by atoms with Gasteiger partial charge in [0, 0.05) is 27.5 Å². The number of rotatable bonds is 7. The van der Waals surface area contributed by atoms with E-state index in [1.165, 1.54) is 11.3 Å². The number of carbonyl (C=O) groups is 1. The lowest BCUT2D eigenvalue weighted by Gasteiger charge is -2.08. The third-order valence-electron chi connectivity index (χ3n) is 4.91. The molecule has 160 valence electrons. The minimum Gasteiger partial charge on any atom is -0.497 e. The van der Waals surface area contributed by atoms with Crippen LogP contribution in [0.5, 0.6) is 17.2 Å². The van der Waals surface area contributed by atoms with Gasteiger partial charge >= 0.3 is 0 Å². The Hall–Kier alpha value is -3.52. The molecule has 0 bridgehead atoms. The van der Waals surface area contributed by atoms with Crippen molar-refractivity contribution >= 4 is 33.3 Å². The molecule has 0 saturated carbocycles. The van der Waals surface area contributed by atoms with E-state index < -0.39 is 0 Å². The van der Waals surface area contributed by atoms with Crippen LogP contribution in [0.3, 0.4) is 0 Å². The van der Waals surface area contributed by atoms with E-state index >= 15 is 0 Å². The molecule has 2 aromatic carbocycles. The average Bonchev–Trinajstić information content (AvgIpc) is 3.35. The van der Waals surface area contributed by atoms with Crippen molar-refractivity contribution in [2.24, 2.45) is 0 Å². The zero-order valence-electron chi connectivity index (χ0n) is 17.6. The molecule has 0 aliphatic heterocycles. The van der Waals surface area contributed by atoms with Crippen molar-refractivity contribution in [1.29, 1.82) is 0 Å². The number of methoxy groups -OCH3 is 3. The maximum absolute atomic E-state index is 12.6. The van der Waals surface area contributed by atoms with E-state index in [0.29, 0.717) is 28.0 Å². The number of fused-ring (bicyclic) bond motifs is 1. The summed E-state index contributed by atoms with van der Waals surface area (Å²) in [5.41, 5.74) is 3.18. The highest BCUT2D eigenvalue weighted by molar-refractivity contribution is 7.16. The number of thiazole rings is 1. The lowest BCUT2D eigenvalue weighted by Crippen LogP contribution is -2.13. The molecule has 0 fully saturated rings. The molecule has 1 N–H and O–H groups in total. The maximum atomic E-state index is 12.6. The van der Waals surface area contributed by atoms with Gasteiger partial charge in [0.2, 0.25) is 5.91 Å². The summed E-state index contributed by atoms with van der Waals surface area (Å²) in [5, 5.41) is 4.33. The Morgan fingerprint density at radius 2 is 1.87 bits per heavy atom. The van der Waals surface area contributed by atoms with Crippen molar-refractivity contribution in [2.75, 3.05) is 26.6 Å². The second kappa shape index (κ2) is 8.69. The summed E-state index contributed by atoms with van der Waals surface area (Å²) in [5.74, 6) is 1.82. The number of anilines is 1. The molecule has 2 heterocycles. The highest BCUT2D eigenvalue weighted by Crippen LogP contribution is 2.36. The Balaban J connectivity index is 1.51. The normalized spacial score (nSPS) is 10.8. The van der Waals surface area contributed by atoms with Gasteiger partial charge in [-0.1, -0.05) is 0 Å². The minimum atomic E-state index is -0.161. The van der Waals surface area contributed by atoms with Crippen LogP contribution in [0, 0.1) is 6.92 Å². The topological polar surface area (TPSA) is 82.8 Å². The van der Waals surface area contributed by atoms with Crippen LogP contribution in [0.15, 0.2) is 47.1 Å². The first-order valence-electron chi connectivity index (χ1n) is 9.56. The van der Waals surface area contributed by atoms with Crippen molar-refractivity contribution < 1.29 is 23.4 Å². The van der Waals surface area contributed by atoms with Gasteiger partial charge in [-0.15, -0.1) is 11.3 Å². The summed E-state index contributed by atoms with van der Waals surface area (Å²) < 4.78 is 21.5. The number of aromatic nitrogens is 1. The Morgan fingerprint density at radius 1 is 1.06 bits per heavy atom. The van der Waals surface area contributed by atoms with E-state index in [1.54, 1.807) is 33.7 Å². The second-order valence-corrected chi connectivity index (χ2v) is 8.04. The third-order valence-corrected chi connectivity index (χ3v) is 5.80. The van der Waals surface area contributed by atoms with Crippen LogP contribution in [0.25, 0.3) is 22.2 Å². The van der Waals surface area contributed by atoms with Gasteiger partial charge < -0.3 is 23.9 Å². The SMILES string of the molecule is COc1ccc2c(CC(=O)Nc3nc(-c4ccc(OC)c(OC)c4)c(C)s3)coc2c1. The zero-order valence-corrected chi connectivity index (χ0v) is 18.5. The first kappa shape index (κ1) is 20.7. The number of carbonyl (C=O) groups excluding carboxylic acids is 1. The van der Waals surface area contributed by atoms with Gasteiger partial charge in [0.05, 0.1) is 39.7 Å². The Bertz CT molecular complexity index is 1240. The van der Waals surface area contributed by atoms with Crippen molar-refractivity contribution in [3.63, 3.8) is 0 Å². The number of ether oxygens (including phenoxy) is 3.